The van der Waals surface area contributed by atoms with Gasteiger partial charge in [0.25, 0.3) is 0 Å². The molecule has 0 spiro atoms. The molecule has 0 aliphatic rings. The summed E-state index contributed by atoms with van der Waals surface area (Å²) in [6.07, 6.45) is 0. The summed E-state index contributed by atoms with van der Waals surface area (Å²) in [5.41, 5.74) is 0. The predicted octanol–water partition coefficient (Wildman–Crippen LogP) is -0.811. The third kappa shape index (κ3) is 68.2. The Morgan fingerprint density at radius 3 is 1.29 bits per heavy atom. The average molecular weight is 344 g/mol. The zero-order valence-electron chi connectivity index (χ0n) is 5.14. The summed E-state index contributed by atoms with van der Waals surface area (Å²) >= 11 is 0. The maximum absolute atomic E-state index is 8.74. The van der Waals surface area contributed by atoms with Gasteiger partial charge in [0, 0.05) is 20.4 Å². The Balaban J connectivity index is -0.0000000133. The van der Waals surface area contributed by atoms with Gasteiger partial charge in [0.15, 0.2) is 0 Å². The smallest absolute Gasteiger partial charge is 1.00 e. The van der Waals surface area contributed by atoms with Crippen LogP contribution >= 0.6 is 0 Å². The molecule has 7 heavy (non-hydrogen) atoms. The number of hydrogen-bond acceptors (Lipinski definition) is 2. The molecule has 0 saturated carbocycles. The van der Waals surface area contributed by atoms with E-state index < -0.39 is 10.4 Å². The Kier molecular flexibility index (Phi) is 14.3. The first-order valence-electron chi connectivity index (χ1n) is 0.698. The molecule has 46 valence electrons. The van der Waals surface area contributed by atoms with Gasteiger partial charge in [0.2, 0.25) is 0 Å². The van der Waals surface area contributed by atoms with Gasteiger partial charge in [-0.15, -0.1) is 0 Å². The molecule has 4 nitrogen and oxygen atoms in total. The maximum Gasteiger partial charge on any atom is 2.00 e. The second kappa shape index (κ2) is 6.23. The minimum absolute atomic E-state index is 0. The van der Waals surface area contributed by atoms with Gasteiger partial charge in [-0.05, 0) is 0 Å². The molecule has 0 heterocycles. The second-order valence-electron chi connectivity index (χ2n) is 0.448. The molecule has 0 bridgehead atoms. The minimum Gasteiger partial charge on any atom is -1.00 e. The monoisotopic (exact) mass is 344 g/mol. The van der Waals surface area contributed by atoms with Crippen LogP contribution in [-0.4, -0.2) is 66.4 Å². The Morgan fingerprint density at radius 2 is 1.29 bits per heavy atom. The van der Waals surface area contributed by atoms with Crippen LogP contribution in [0.5, 0.6) is 0 Å². The van der Waals surface area contributed by atoms with Gasteiger partial charge in [-0.1, -0.05) is 0 Å². The third-order valence-electron chi connectivity index (χ3n) is 0. The standard InChI is InChI=1S/Ba.H2O4S.Pd.2H/c;1-5(2,3)4;;;/h;(H2,1,2,3,4);;;/q+2;;;2*-1. The molecular weight excluding hydrogens is 340 g/mol. The van der Waals surface area contributed by atoms with Gasteiger partial charge < -0.3 is 2.85 Å². The van der Waals surface area contributed by atoms with Crippen LogP contribution in [0.1, 0.15) is 2.85 Å². The summed E-state index contributed by atoms with van der Waals surface area (Å²) in [6, 6.07) is 0. The molecule has 0 aromatic carbocycles. The van der Waals surface area contributed by atoms with Crippen LogP contribution in [0.3, 0.4) is 0 Å². The fourth-order valence-corrected chi connectivity index (χ4v) is 0. The molecule has 0 radical (unpaired) electrons. The van der Waals surface area contributed by atoms with Crippen molar-refractivity contribution in [3.05, 3.63) is 0 Å². The predicted molar refractivity (Wildman–Crippen MR) is 22.2 cm³/mol. The number of rotatable bonds is 0. The average Bonchev–Trinajstić information content (AvgIpc) is 0.722. The van der Waals surface area contributed by atoms with Gasteiger partial charge >= 0.3 is 59.3 Å². The molecule has 0 saturated heterocycles. The second-order valence-corrected chi connectivity index (χ2v) is 1.34. The molecule has 0 aliphatic carbocycles. The van der Waals surface area contributed by atoms with Crippen LogP contribution < -0.4 is 0 Å². The quantitative estimate of drug-likeness (QED) is 0.445. The van der Waals surface area contributed by atoms with Crippen LogP contribution in [0.2, 0.25) is 0 Å². The van der Waals surface area contributed by atoms with Crippen molar-refractivity contribution in [2.24, 2.45) is 0 Å². The van der Waals surface area contributed by atoms with E-state index in [4.69, 9.17) is 17.5 Å². The number of hydrogen-bond donors (Lipinski definition) is 2. The molecule has 0 fully saturated rings. The summed E-state index contributed by atoms with van der Waals surface area (Å²) in [5.74, 6) is 0. The van der Waals surface area contributed by atoms with E-state index in [2.05, 4.69) is 0 Å². The van der Waals surface area contributed by atoms with E-state index in [0.29, 0.717) is 0 Å². The molecule has 0 unspecified atom stereocenters. The summed E-state index contributed by atoms with van der Waals surface area (Å²) in [5, 5.41) is 0. The van der Waals surface area contributed by atoms with Gasteiger partial charge in [-0.25, -0.2) is 0 Å². The summed E-state index contributed by atoms with van der Waals surface area (Å²) in [7, 11) is -4.67. The van der Waals surface area contributed by atoms with Crippen LogP contribution in [0, 0.1) is 0 Å². The third-order valence-corrected chi connectivity index (χ3v) is 0. The van der Waals surface area contributed by atoms with Crippen molar-refractivity contribution >= 4 is 59.3 Å². The molecule has 2 N–H and O–H groups in total. The molecule has 0 rings (SSSR count). The zero-order chi connectivity index (χ0) is 4.50. The van der Waals surface area contributed by atoms with Gasteiger partial charge in [-0.2, -0.15) is 8.42 Å². The van der Waals surface area contributed by atoms with E-state index in [1.807, 2.05) is 0 Å². The van der Waals surface area contributed by atoms with Crippen molar-refractivity contribution < 1.29 is 40.8 Å². The first-order valence-corrected chi connectivity index (χ1v) is 2.10. The maximum atomic E-state index is 8.74. The Labute approximate surface area is 98.3 Å². The summed E-state index contributed by atoms with van der Waals surface area (Å²) in [6.45, 7) is 0. The molecule has 0 atom stereocenters. The fraction of sp³-hybridized carbons (Fsp3) is 0. The first-order chi connectivity index (χ1) is 2.00. The van der Waals surface area contributed by atoms with Crippen molar-refractivity contribution in [1.29, 1.82) is 0 Å². The largest absolute Gasteiger partial charge is 2.00 e. The fourth-order valence-electron chi connectivity index (χ4n) is 0. The molecular formula is H4BaO4PdS. The summed E-state index contributed by atoms with van der Waals surface area (Å²) < 4.78 is 31.6. The van der Waals surface area contributed by atoms with Crippen LogP contribution in [-0.2, 0) is 30.8 Å². The SMILES string of the molecule is O=S(=O)(O)O.[Ba+2].[H-].[H-].[Pd]. The summed E-state index contributed by atoms with van der Waals surface area (Å²) in [4.78, 5) is 0. The van der Waals surface area contributed by atoms with E-state index >= 15 is 0 Å². The molecule has 7 heteroatoms. The molecule has 0 aromatic rings. The van der Waals surface area contributed by atoms with E-state index in [0.717, 1.165) is 0 Å². The van der Waals surface area contributed by atoms with Crippen molar-refractivity contribution in [1.82, 2.24) is 0 Å². The topological polar surface area (TPSA) is 74.6 Å². The van der Waals surface area contributed by atoms with E-state index in [1.54, 1.807) is 0 Å². The van der Waals surface area contributed by atoms with E-state index in [-0.39, 0.29) is 72.2 Å². The van der Waals surface area contributed by atoms with Gasteiger partial charge in [-0.3, -0.25) is 9.11 Å². The van der Waals surface area contributed by atoms with Gasteiger partial charge in [0.05, 0.1) is 0 Å². The molecule has 0 aromatic heterocycles. The van der Waals surface area contributed by atoms with Crippen molar-refractivity contribution in [3.8, 4) is 0 Å². The Bertz CT molecular complexity index is 102. The molecule has 0 amide bonds. The zero-order valence-corrected chi connectivity index (χ0v) is 9.95. The van der Waals surface area contributed by atoms with Gasteiger partial charge in [0.1, 0.15) is 0 Å². The molecule has 0 aliphatic heterocycles. The Hall–Kier alpha value is 2.10. The van der Waals surface area contributed by atoms with Crippen molar-refractivity contribution in [2.75, 3.05) is 0 Å². The van der Waals surface area contributed by atoms with E-state index in [9.17, 15) is 0 Å². The minimum atomic E-state index is -4.67. The normalized spacial score (nSPS) is 8.29. The van der Waals surface area contributed by atoms with Crippen LogP contribution in [0.25, 0.3) is 0 Å². The first kappa shape index (κ1) is 16.0. The van der Waals surface area contributed by atoms with Crippen LogP contribution in [0.4, 0.5) is 0 Å². The van der Waals surface area contributed by atoms with Crippen molar-refractivity contribution in [2.45, 2.75) is 0 Å². The van der Waals surface area contributed by atoms with Crippen molar-refractivity contribution in [3.63, 3.8) is 0 Å². The van der Waals surface area contributed by atoms with E-state index in [1.165, 1.54) is 0 Å². The van der Waals surface area contributed by atoms with Crippen LogP contribution in [0.15, 0.2) is 0 Å². The Morgan fingerprint density at radius 1 is 1.29 bits per heavy atom.